The lowest BCUT2D eigenvalue weighted by Gasteiger charge is -2.50. The lowest BCUT2D eigenvalue weighted by atomic mass is 9.49. The van der Waals surface area contributed by atoms with E-state index in [0.29, 0.717) is 21.8 Å². The van der Waals surface area contributed by atoms with Crippen molar-refractivity contribution in [3.8, 4) is 11.5 Å². The third-order valence-corrected chi connectivity index (χ3v) is 12.0. The number of thiophene rings is 1. The highest BCUT2D eigenvalue weighted by atomic mass is 35.5. The molecule has 51 heavy (non-hydrogen) atoms. The molecule has 4 amide bonds. The minimum atomic E-state index is -1.54. The SMILES string of the molecule is CCOc1cc([C@H]2C3=CC[C@@H]4C(=O)N(Cc5cccs5)C(=O)[C@@H]4[C@@H]3C[C@H]3C(=O)N(Nc4ccc(F)cc4)C(=O)[C@@]23c2ccc(Cl)cc2)ccc1O. The van der Waals surface area contributed by atoms with Crippen LogP contribution in [-0.2, 0) is 31.1 Å². The Bertz CT molecular complexity index is 2090. The van der Waals surface area contributed by atoms with Crippen molar-refractivity contribution in [2.24, 2.45) is 23.7 Å². The molecule has 3 aromatic carbocycles. The fraction of sp³-hybridized carbons (Fsp3) is 0.282. The van der Waals surface area contributed by atoms with Gasteiger partial charge >= 0.3 is 0 Å². The summed E-state index contributed by atoms with van der Waals surface area (Å²) in [5.41, 5.74) is 3.67. The van der Waals surface area contributed by atoms with Crippen molar-refractivity contribution in [1.82, 2.24) is 9.91 Å². The standard InChI is InChI=1S/C39H33ClFN3O6S/c1-2-50-32-18-21(5-16-31(32)45)34-27-14-15-28-33(37(48)43(35(28)46)20-26-4-3-17-51-26)29(27)19-30-36(47)44(42-25-12-10-24(41)11-13-25)38(49)39(30,34)22-6-8-23(40)9-7-22/h3-14,16-18,28-30,33-34,42,45H,2,15,19-20H2,1H3/t28-,29+,30-,33-,34-,39+/m0/s1. The summed E-state index contributed by atoms with van der Waals surface area (Å²) in [4.78, 5) is 60.4. The molecule has 4 aromatic rings. The van der Waals surface area contributed by atoms with Crippen molar-refractivity contribution < 1.29 is 33.4 Å². The van der Waals surface area contributed by atoms with Crippen LogP contribution >= 0.6 is 22.9 Å². The highest BCUT2D eigenvalue weighted by Gasteiger charge is 2.70. The Morgan fingerprint density at radius 2 is 1.75 bits per heavy atom. The van der Waals surface area contributed by atoms with Crippen LogP contribution in [0.3, 0.4) is 0 Å². The van der Waals surface area contributed by atoms with E-state index >= 15 is 4.79 Å². The van der Waals surface area contributed by atoms with Crippen LogP contribution in [0.15, 0.2) is 95.9 Å². The summed E-state index contributed by atoms with van der Waals surface area (Å²) in [7, 11) is 0. The van der Waals surface area contributed by atoms with Gasteiger partial charge in [0.25, 0.3) is 11.8 Å². The minimum Gasteiger partial charge on any atom is -0.504 e. The number of benzene rings is 3. The van der Waals surface area contributed by atoms with Crippen molar-refractivity contribution in [2.45, 2.75) is 37.6 Å². The summed E-state index contributed by atoms with van der Waals surface area (Å²) in [6.07, 6.45) is 2.39. The normalized spacial score (nSPS) is 26.9. The molecular weight excluding hydrogens is 693 g/mol. The number of nitrogens with one attached hydrogen (secondary N) is 1. The zero-order valence-electron chi connectivity index (χ0n) is 27.4. The van der Waals surface area contributed by atoms with Crippen LogP contribution in [-0.4, -0.2) is 45.3 Å². The monoisotopic (exact) mass is 725 g/mol. The number of phenolic OH excluding ortho intramolecular Hbond substituents is 1. The van der Waals surface area contributed by atoms with E-state index in [1.807, 2.05) is 23.6 Å². The van der Waals surface area contributed by atoms with Gasteiger partial charge in [-0.15, -0.1) is 11.3 Å². The summed E-state index contributed by atoms with van der Waals surface area (Å²) >= 11 is 7.83. The van der Waals surface area contributed by atoms with Crippen molar-refractivity contribution in [3.63, 3.8) is 0 Å². The lowest BCUT2D eigenvalue weighted by Crippen LogP contribution is -2.53. The Hall–Kier alpha value is -5.00. The van der Waals surface area contributed by atoms with Gasteiger partial charge in [0.15, 0.2) is 11.5 Å². The molecule has 6 atom stereocenters. The maximum Gasteiger partial charge on any atom is 0.260 e. The van der Waals surface area contributed by atoms with Crippen LogP contribution in [0.1, 0.15) is 41.7 Å². The molecule has 0 spiro atoms. The molecule has 3 fully saturated rings. The summed E-state index contributed by atoms with van der Waals surface area (Å²) in [5, 5.41) is 14.1. The van der Waals surface area contributed by atoms with Crippen LogP contribution < -0.4 is 10.2 Å². The summed E-state index contributed by atoms with van der Waals surface area (Å²) in [5.74, 6) is -5.59. The van der Waals surface area contributed by atoms with Gasteiger partial charge in [0.05, 0.1) is 42.0 Å². The second-order valence-corrected chi connectivity index (χ2v) is 14.8. The molecule has 9 nitrogen and oxygen atoms in total. The van der Waals surface area contributed by atoms with Gasteiger partial charge in [-0.25, -0.2) is 4.39 Å². The van der Waals surface area contributed by atoms with E-state index in [-0.39, 0.29) is 49.3 Å². The van der Waals surface area contributed by atoms with E-state index in [2.05, 4.69) is 5.43 Å². The van der Waals surface area contributed by atoms with Gasteiger partial charge in [-0.05, 0) is 96.8 Å². The van der Waals surface area contributed by atoms with E-state index in [1.54, 1.807) is 43.3 Å². The van der Waals surface area contributed by atoms with Gasteiger partial charge in [0.2, 0.25) is 11.8 Å². The lowest BCUT2D eigenvalue weighted by molar-refractivity contribution is -0.141. The first-order chi connectivity index (χ1) is 24.6. The number of hydrogen-bond donors (Lipinski definition) is 2. The Labute approximate surface area is 302 Å². The highest BCUT2D eigenvalue weighted by molar-refractivity contribution is 7.09. The van der Waals surface area contributed by atoms with E-state index in [9.17, 15) is 23.9 Å². The molecule has 0 radical (unpaired) electrons. The molecule has 3 heterocycles. The van der Waals surface area contributed by atoms with Crippen molar-refractivity contribution in [2.75, 3.05) is 12.0 Å². The second kappa shape index (κ2) is 12.6. The summed E-state index contributed by atoms with van der Waals surface area (Å²) in [6.45, 7) is 2.24. The molecule has 2 saturated heterocycles. The number of imide groups is 2. The number of allylic oxidation sites excluding steroid dienone is 2. The average Bonchev–Trinajstić information content (AvgIpc) is 3.79. The van der Waals surface area contributed by atoms with Gasteiger partial charge in [0.1, 0.15) is 5.82 Å². The number of likely N-dealkylation sites (tertiary alicyclic amines) is 1. The third kappa shape index (κ3) is 5.16. The Morgan fingerprint density at radius 3 is 2.45 bits per heavy atom. The largest absolute Gasteiger partial charge is 0.504 e. The number of rotatable bonds is 8. The number of nitrogens with zero attached hydrogens (tertiary/aromatic N) is 2. The number of ether oxygens (including phenoxy) is 1. The molecule has 1 saturated carbocycles. The number of hydrogen-bond acceptors (Lipinski definition) is 8. The molecule has 4 aliphatic rings. The predicted molar refractivity (Wildman–Crippen MR) is 188 cm³/mol. The van der Waals surface area contributed by atoms with Crippen molar-refractivity contribution in [1.29, 1.82) is 0 Å². The first-order valence-electron chi connectivity index (χ1n) is 16.8. The fourth-order valence-corrected chi connectivity index (χ4v) is 9.61. The third-order valence-electron chi connectivity index (χ3n) is 10.9. The summed E-state index contributed by atoms with van der Waals surface area (Å²) < 4.78 is 19.7. The number of anilines is 1. The van der Waals surface area contributed by atoms with Gasteiger partial charge in [-0.1, -0.05) is 47.5 Å². The molecule has 0 bridgehead atoms. The maximum atomic E-state index is 15.2. The Kier molecular flexibility index (Phi) is 8.22. The molecule has 2 aliphatic heterocycles. The van der Waals surface area contributed by atoms with Gasteiger partial charge in [0, 0.05) is 15.8 Å². The van der Waals surface area contributed by atoms with E-state index in [4.69, 9.17) is 16.3 Å². The number of hydrazine groups is 1. The molecule has 2 N–H and O–H groups in total. The maximum absolute atomic E-state index is 15.2. The Balaban J connectivity index is 1.32. The molecule has 1 aromatic heterocycles. The average molecular weight is 726 g/mol. The zero-order valence-corrected chi connectivity index (χ0v) is 29.0. The van der Waals surface area contributed by atoms with E-state index < -0.39 is 52.6 Å². The number of fused-ring (bicyclic) bond motifs is 4. The van der Waals surface area contributed by atoms with Crippen LogP contribution in [0, 0.1) is 29.5 Å². The van der Waals surface area contributed by atoms with Crippen molar-refractivity contribution in [3.05, 3.63) is 123 Å². The quantitative estimate of drug-likeness (QED) is 0.151. The number of carbonyl (C=O) groups is 4. The highest BCUT2D eigenvalue weighted by Crippen LogP contribution is 2.64. The zero-order chi connectivity index (χ0) is 35.6. The number of phenols is 1. The first kappa shape index (κ1) is 33.2. The Morgan fingerprint density at radius 1 is 0.980 bits per heavy atom. The van der Waals surface area contributed by atoms with Crippen LogP contribution in [0.5, 0.6) is 11.5 Å². The first-order valence-corrected chi connectivity index (χ1v) is 18.1. The van der Waals surface area contributed by atoms with Gasteiger partial charge < -0.3 is 9.84 Å². The number of amides is 4. The molecule has 2 aliphatic carbocycles. The molecule has 8 rings (SSSR count). The molecule has 12 heteroatoms. The smallest absolute Gasteiger partial charge is 0.260 e. The van der Waals surface area contributed by atoms with E-state index in [0.717, 1.165) is 15.5 Å². The summed E-state index contributed by atoms with van der Waals surface area (Å²) in [6, 6.07) is 20.9. The van der Waals surface area contributed by atoms with Gasteiger partial charge in [-0.3, -0.25) is 29.5 Å². The molecule has 260 valence electrons. The van der Waals surface area contributed by atoms with E-state index in [1.165, 1.54) is 46.6 Å². The van der Waals surface area contributed by atoms with Crippen LogP contribution in [0.25, 0.3) is 0 Å². The van der Waals surface area contributed by atoms with Crippen molar-refractivity contribution >= 4 is 52.3 Å². The van der Waals surface area contributed by atoms with Crippen LogP contribution in [0.2, 0.25) is 5.02 Å². The number of carbonyl (C=O) groups excluding carboxylic acids is 4. The van der Waals surface area contributed by atoms with Gasteiger partial charge in [-0.2, -0.15) is 5.01 Å². The molecular formula is C39H33ClFN3O6S. The fourth-order valence-electron chi connectivity index (χ4n) is 8.79. The topological polar surface area (TPSA) is 116 Å². The molecule has 0 unspecified atom stereocenters. The number of aromatic hydroxyl groups is 1. The predicted octanol–water partition coefficient (Wildman–Crippen LogP) is 6.83. The minimum absolute atomic E-state index is 0.0862. The van der Waals surface area contributed by atoms with Crippen LogP contribution in [0.4, 0.5) is 10.1 Å². The number of halogens is 2. The second-order valence-electron chi connectivity index (χ2n) is 13.4.